The van der Waals surface area contributed by atoms with Crippen LogP contribution in [0.1, 0.15) is 26.1 Å². The van der Waals surface area contributed by atoms with E-state index in [2.05, 4.69) is 23.4 Å². The fourth-order valence-corrected chi connectivity index (χ4v) is 1.96. The highest BCUT2D eigenvalue weighted by Crippen LogP contribution is 2.21. The number of benzene rings is 1. The van der Waals surface area contributed by atoms with Gasteiger partial charge in [-0.1, -0.05) is 20.3 Å². The van der Waals surface area contributed by atoms with Crippen LogP contribution in [0.15, 0.2) is 18.2 Å². The summed E-state index contributed by atoms with van der Waals surface area (Å²) in [4.78, 5) is 4.41. The van der Waals surface area contributed by atoms with E-state index in [1.807, 2.05) is 18.2 Å². The van der Waals surface area contributed by atoms with Crippen molar-refractivity contribution in [3.05, 3.63) is 24.0 Å². The number of aromatic nitrogens is 2. The number of aliphatic hydroxyl groups excluding tert-OH is 1. The van der Waals surface area contributed by atoms with E-state index in [1.165, 1.54) is 0 Å². The van der Waals surface area contributed by atoms with E-state index >= 15 is 0 Å². The van der Waals surface area contributed by atoms with E-state index < -0.39 is 0 Å². The molecule has 0 amide bonds. The molecule has 2 aromatic rings. The zero-order valence-corrected chi connectivity index (χ0v) is 10.3. The molecule has 17 heavy (non-hydrogen) atoms. The molecule has 1 atom stereocenters. The standard InChI is InChI=1S/C13H19N3O/c1-3-9(2)7-16-12-5-4-10(14)6-11(12)15-13(16)8-17/h4-6,9,17H,3,7-8,14H2,1-2H3. The summed E-state index contributed by atoms with van der Waals surface area (Å²) in [6.07, 6.45) is 1.11. The fourth-order valence-electron chi connectivity index (χ4n) is 1.96. The molecule has 0 aliphatic rings. The molecule has 0 bridgehead atoms. The van der Waals surface area contributed by atoms with Crippen molar-refractivity contribution >= 4 is 16.7 Å². The highest BCUT2D eigenvalue weighted by molar-refractivity contribution is 5.79. The lowest BCUT2D eigenvalue weighted by atomic mass is 10.1. The zero-order valence-electron chi connectivity index (χ0n) is 10.3. The van der Waals surface area contributed by atoms with Crippen LogP contribution in [-0.2, 0) is 13.2 Å². The maximum atomic E-state index is 9.36. The number of fused-ring (bicyclic) bond motifs is 1. The second-order valence-electron chi connectivity index (χ2n) is 4.56. The Morgan fingerprint density at radius 3 is 2.88 bits per heavy atom. The molecule has 0 saturated carbocycles. The predicted octanol–water partition coefficient (Wildman–Crippen LogP) is 2.16. The van der Waals surface area contributed by atoms with Gasteiger partial charge in [0.05, 0.1) is 11.0 Å². The molecule has 1 aromatic carbocycles. The molecule has 0 fully saturated rings. The smallest absolute Gasteiger partial charge is 0.135 e. The first-order valence-electron chi connectivity index (χ1n) is 6.01. The van der Waals surface area contributed by atoms with E-state index in [0.29, 0.717) is 17.4 Å². The second-order valence-corrected chi connectivity index (χ2v) is 4.56. The van der Waals surface area contributed by atoms with Gasteiger partial charge in [0.1, 0.15) is 12.4 Å². The minimum Gasteiger partial charge on any atom is -0.399 e. The van der Waals surface area contributed by atoms with Gasteiger partial charge in [0.15, 0.2) is 0 Å². The maximum absolute atomic E-state index is 9.36. The molecule has 3 N–H and O–H groups in total. The van der Waals surface area contributed by atoms with Crippen LogP contribution < -0.4 is 5.73 Å². The summed E-state index contributed by atoms with van der Waals surface area (Å²) in [7, 11) is 0. The minimum absolute atomic E-state index is 0.0367. The molecule has 0 saturated heterocycles. The molecular formula is C13H19N3O. The van der Waals surface area contributed by atoms with Crippen molar-refractivity contribution < 1.29 is 5.11 Å². The van der Waals surface area contributed by atoms with E-state index in [1.54, 1.807) is 0 Å². The molecule has 4 nitrogen and oxygen atoms in total. The van der Waals surface area contributed by atoms with Crippen LogP contribution in [0.4, 0.5) is 5.69 Å². The van der Waals surface area contributed by atoms with Crippen LogP contribution in [0.25, 0.3) is 11.0 Å². The van der Waals surface area contributed by atoms with Gasteiger partial charge in [0, 0.05) is 12.2 Å². The normalized spacial score (nSPS) is 13.1. The summed E-state index contributed by atoms with van der Waals surface area (Å²) < 4.78 is 2.09. The number of hydrogen-bond acceptors (Lipinski definition) is 3. The Bertz CT molecular complexity index is 519. The average molecular weight is 233 g/mol. The first kappa shape index (κ1) is 11.9. The molecule has 1 aromatic heterocycles. The summed E-state index contributed by atoms with van der Waals surface area (Å²) >= 11 is 0. The Labute approximate surface area is 101 Å². The van der Waals surface area contributed by atoms with Gasteiger partial charge in [0.2, 0.25) is 0 Å². The number of rotatable bonds is 4. The number of hydrogen-bond donors (Lipinski definition) is 2. The van der Waals surface area contributed by atoms with E-state index in [4.69, 9.17) is 5.73 Å². The van der Waals surface area contributed by atoms with Crippen LogP contribution in [0.2, 0.25) is 0 Å². The van der Waals surface area contributed by atoms with Crippen molar-refractivity contribution in [2.45, 2.75) is 33.4 Å². The van der Waals surface area contributed by atoms with Crippen molar-refractivity contribution in [2.75, 3.05) is 5.73 Å². The predicted molar refractivity (Wildman–Crippen MR) is 69.5 cm³/mol. The fraction of sp³-hybridized carbons (Fsp3) is 0.462. The minimum atomic E-state index is -0.0367. The lowest BCUT2D eigenvalue weighted by Gasteiger charge is -2.12. The molecule has 1 heterocycles. The SMILES string of the molecule is CCC(C)Cn1c(CO)nc2cc(N)ccc21. The molecular weight excluding hydrogens is 214 g/mol. The molecule has 0 spiro atoms. The number of nitrogens with two attached hydrogens (primary N) is 1. The van der Waals surface area contributed by atoms with Gasteiger partial charge in [-0.15, -0.1) is 0 Å². The summed E-state index contributed by atoms with van der Waals surface area (Å²) in [6, 6.07) is 5.69. The van der Waals surface area contributed by atoms with Gasteiger partial charge in [-0.3, -0.25) is 0 Å². The van der Waals surface area contributed by atoms with Crippen molar-refractivity contribution in [1.29, 1.82) is 0 Å². The number of nitrogen functional groups attached to an aromatic ring is 1. The van der Waals surface area contributed by atoms with Gasteiger partial charge < -0.3 is 15.4 Å². The van der Waals surface area contributed by atoms with Crippen LogP contribution >= 0.6 is 0 Å². The van der Waals surface area contributed by atoms with Crippen molar-refractivity contribution in [3.8, 4) is 0 Å². The average Bonchev–Trinajstić information content (AvgIpc) is 2.66. The Morgan fingerprint density at radius 1 is 1.47 bits per heavy atom. The summed E-state index contributed by atoms with van der Waals surface area (Å²) in [5.41, 5.74) is 8.35. The molecule has 0 aliphatic carbocycles. The second kappa shape index (κ2) is 4.75. The molecule has 0 radical (unpaired) electrons. The molecule has 2 rings (SSSR count). The Kier molecular flexibility index (Phi) is 3.33. The largest absolute Gasteiger partial charge is 0.399 e. The molecule has 4 heteroatoms. The van der Waals surface area contributed by atoms with Crippen LogP contribution in [0.5, 0.6) is 0 Å². The topological polar surface area (TPSA) is 64.1 Å². The maximum Gasteiger partial charge on any atom is 0.135 e. The van der Waals surface area contributed by atoms with Crippen LogP contribution in [0.3, 0.4) is 0 Å². The highest BCUT2D eigenvalue weighted by Gasteiger charge is 2.12. The molecule has 92 valence electrons. The first-order chi connectivity index (χ1) is 8.15. The third-order valence-corrected chi connectivity index (χ3v) is 3.18. The van der Waals surface area contributed by atoms with Crippen LogP contribution in [-0.4, -0.2) is 14.7 Å². The third-order valence-electron chi connectivity index (χ3n) is 3.18. The zero-order chi connectivity index (χ0) is 12.4. The summed E-state index contributed by atoms with van der Waals surface area (Å²) in [5.74, 6) is 1.28. The lowest BCUT2D eigenvalue weighted by molar-refractivity contribution is 0.263. The van der Waals surface area contributed by atoms with E-state index in [0.717, 1.165) is 24.0 Å². The van der Waals surface area contributed by atoms with Gasteiger partial charge >= 0.3 is 0 Å². The van der Waals surface area contributed by atoms with Gasteiger partial charge in [-0.2, -0.15) is 0 Å². The third kappa shape index (κ3) is 2.26. The van der Waals surface area contributed by atoms with Crippen molar-refractivity contribution in [1.82, 2.24) is 9.55 Å². The van der Waals surface area contributed by atoms with Crippen molar-refractivity contribution in [2.24, 2.45) is 5.92 Å². The lowest BCUT2D eigenvalue weighted by Crippen LogP contribution is -2.10. The summed E-state index contributed by atoms with van der Waals surface area (Å²) in [6.45, 7) is 5.21. The Balaban J connectivity index is 2.50. The van der Waals surface area contributed by atoms with E-state index in [-0.39, 0.29) is 6.61 Å². The van der Waals surface area contributed by atoms with Crippen LogP contribution in [0, 0.1) is 5.92 Å². The van der Waals surface area contributed by atoms with Crippen molar-refractivity contribution in [3.63, 3.8) is 0 Å². The monoisotopic (exact) mass is 233 g/mol. The first-order valence-corrected chi connectivity index (χ1v) is 6.01. The van der Waals surface area contributed by atoms with Gasteiger partial charge in [0.25, 0.3) is 0 Å². The Hall–Kier alpha value is -1.55. The molecule has 0 aliphatic heterocycles. The molecule has 1 unspecified atom stereocenters. The number of imidazole rings is 1. The van der Waals surface area contributed by atoms with Gasteiger partial charge in [-0.05, 0) is 24.1 Å². The number of anilines is 1. The Morgan fingerprint density at radius 2 is 2.24 bits per heavy atom. The number of nitrogens with zero attached hydrogens (tertiary/aromatic N) is 2. The quantitative estimate of drug-likeness (QED) is 0.795. The number of aliphatic hydroxyl groups is 1. The summed E-state index contributed by atoms with van der Waals surface area (Å²) in [5, 5.41) is 9.36. The van der Waals surface area contributed by atoms with Gasteiger partial charge in [-0.25, -0.2) is 4.98 Å². The van der Waals surface area contributed by atoms with E-state index in [9.17, 15) is 5.11 Å². The highest BCUT2D eigenvalue weighted by atomic mass is 16.3.